The van der Waals surface area contributed by atoms with Gasteiger partial charge in [0, 0.05) is 31.1 Å². The van der Waals surface area contributed by atoms with E-state index >= 15 is 0 Å². The van der Waals surface area contributed by atoms with Gasteiger partial charge < -0.3 is 9.72 Å². The zero-order valence-electron chi connectivity index (χ0n) is 16.8. The number of nitrogens with one attached hydrogen (secondary N) is 1. The van der Waals surface area contributed by atoms with Crippen LogP contribution in [0.25, 0.3) is 11.0 Å². The Hall–Kier alpha value is -2.47. The number of imidazole rings is 1. The molecule has 2 saturated carbocycles. The van der Waals surface area contributed by atoms with Gasteiger partial charge in [-0.25, -0.2) is 13.8 Å². The molecule has 0 amide bonds. The second-order valence-corrected chi connectivity index (χ2v) is 9.75. The number of benzene rings is 2. The van der Waals surface area contributed by atoms with Gasteiger partial charge in [0.25, 0.3) is 0 Å². The van der Waals surface area contributed by atoms with Crippen LogP contribution < -0.4 is 4.74 Å². The molecule has 4 nitrogen and oxygen atoms in total. The SMILES string of the molecule is Fc1ccc(OCC23CN(Cc4ccc5nc[nH]c5c4)CC(C4CC4)(C2)C3)cc1F. The van der Waals surface area contributed by atoms with E-state index in [1.807, 2.05) is 0 Å². The highest BCUT2D eigenvalue weighted by molar-refractivity contribution is 5.75. The maximum absolute atomic E-state index is 13.5. The first kappa shape index (κ1) is 18.3. The molecular weight excluding hydrogens is 384 g/mol. The summed E-state index contributed by atoms with van der Waals surface area (Å²) >= 11 is 0. The second kappa shape index (κ2) is 6.51. The maximum atomic E-state index is 13.5. The molecular formula is C24H25F2N3O. The number of aromatic amines is 1. The topological polar surface area (TPSA) is 41.1 Å². The number of rotatable bonds is 6. The van der Waals surface area contributed by atoms with Crippen LogP contribution in [0.5, 0.6) is 5.75 Å². The van der Waals surface area contributed by atoms with Crippen molar-refractivity contribution in [2.75, 3.05) is 19.7 Å². The number of piperidine rings is 2. The Bertz CT molecular complexity index is 1100. The molecule has 7 rings (SSSR count). The molecule has 2 aromatic carbocycles. The van der Waals surface area contributed by atoms with Crippen LogP contribution in [-0.2, 0) is 6.54 Å². The van der Waals surface area contributed by atoms with Gasteiger partial charge in [0.05, 0.1) is 24.0 Å². The lowest BCUT2D eigenvalue weighted by atomic mass is 9.48. The summed E-state index contributed by atoms with van der Waals surface area (Å²) < 4.78 is 32.7. The van der Waals surface area contributed by atoms with Crippen LogP contribution in [0.4, 0.5) is 8.78 Å². The van der Waals surface area contributed by atoms with E-state index in [2.05, 4.69) is 33.1 Å². The Morgan fingerprint density at radius 1 is 1.07 bits per heavy atom. The van der Waals surface area contributed by atoms with Crippen molar-refractivity contribution in [3.05, 3.63) is 59.9 Å². The summed E-state index contributed by atoms with van der Waals surface area (Å²) in [6.07, 6.45) is 6.79. The van der Waals surface area contributed by atoms with Crippen LogP contribution in [0.3, 0.4) is 0 Å². The summed E-state index contributed by atoms with van der Waals surface area (Å²) in [4.78, 5) is 10.1. The molecule has 2 bridgehead atoms. The van der Waals surface area contributed by atoms with Crippen molar-refractivity contribution in [3.63, 3.8) is 0 Å². The normalized spacial score (nSPS) is 28.5. The van der Waals surface area contributed by atoms with Crippen molar-refractivity contribution in [2.24, 2.45) is 16.7 Å². The lowest BCUT2D eigenvalue weighted by Crippen LogP contribution is -2.65. The highest BCUT2D eigenvalue weighted by Gasteiger charge is 2.64. The van der Waals surface area contributed by atoms with Gasteiger partial charge >= 0.3 is 0 Å². The summed E-state index contributed by atoms with van der Waals surface area (Å²) in [6.45, 7) is 3.59. The van der Waals surface area contributed by atoms with Crippen LogP contribution in [0.1, 0.15) is 31.2 Å². The molecule has 6 heteroatoms. The van der Waals surface area contributed by atoms with Crippen molar-refractivity contribution in [2.45, 2.75) is 32.2 Å². The van der Waals surface area contributed by atoms with Gasteiger partial charge in [0.1, 0.15) is 5.75 Å². The van der Waals surface area contributed by atoms with Crippen molar-refractivity contribution in [3.8, 4) is 5.75 Å². The third-order valence-corrected chi connectivity index (χ3v) is 7.32. The van der Waals surface area contributed by atoms with Crippen LogP contribution in [0.2, 0.25) is 0 Å². The molecule has 2 saturated heterocycles. The van der Waals surface area contributed by atoms with Crippen LogP contribution in [0, 0.1) is 28.4 Å². The van der Waals surface area contributed by atoms with E-state index in [-0.39, 0.29) is 5.41 Å². The van der Waals surface area contributed by atoms with E-state index < -0.39 is 11.6 Å². The minimum Gasteiger partial charge on any atom is -0.493 e. The molecule has 3 heterocycles. The van der Waals surface area contributed by atoms with E-state index in [0.29, 0.717) is 17.8 Å². The van der Waals surface area contributed by atoms with Gasteiger partial charge in [0.15, 0.2) is 11.6 Å². The first-order valence-corrected chi connectivity index (χ1v) is 10.7. The average Bonchev–Trinajstić information content (AvgIpc) is 3.47. The number of H-pyrrole nitrogens is 1. The van der Waals surface area contributed by atoms with E-state index in [9.17, 15) is 8.78 Å². The second-order valence-electron chi connectivity index (χ2n) is 9.75. The Morgan fingerprint density at radius 2 is 1.93 bits per heavy atom. The molecule has 2 aliphatic carbocycles. The number of hydrogen-bond acceptors (Lipinski definition) is 3. The number of nitrogens with zero attached hydrogens (tertiary/aromatic N) is 2. The fourth-order valence-corrected chi connectivity index (χ4v) is 6.16. The Morgan fingerprint density at radius 3 is 2.73 bits per heavy atom. The van der Waals surface area contributed by atoms with Crippen molar-refractivity contribution in [1.82, 2.24) is 14.9 Å². The summed E-state index contributed by atoms with van der Waals surface area (Å²) in [6, 6.07) is 10.2. The zero-order chi connectivity index (χ0) is 20.3. The standard InChI is InChI=1S/C24H25F2N3O/c25-19-5-4-18(8-20(19)26)30-14-23-10-24(11-23,17-2-3-17)13-29(12-23)9-16-1-6-21-22(7-16)28-15-27-21/h1,4-8,15,17H,2-3,9-14H2,(H,27,28). The quantitative estimate of drug-likeness (QED) is 0.629. The molecule has 0 atom stereocenters. The Labute approximate surface area is 174 Å². The highest BCUT2D eigenvalue weighted by atomic mass is 19.2. The van der Waals surface area contributed by atoms with E-state index in [4.69, 9.17) is 4.74 Å². The number of halogens is 2. The number of fused-ring (bicyclic) bond motifs is 3. The van der Waals surface area contributed by atoms with E-state index in [0.717, 1.165) is 48.7 Å². The number of ether oxygens (including phenoxy) is 1. The first-order chi connectivity index (χ1) is 14.5. The Kier molecular flexibility index (Phi) is 3.97. The summed E-state index contributed by atoms with van der Waals surface area (Å²) in [7, 11) is 0. The lowest BCUT2D eigenvalue weighted by Gasteiger charge is -2.64. The van der Waals surface area contributed by atoms with E-state index in [1.165, 1.54) is 37.3 Å². The molecule has 30 heavy (non-hydrogen) atoms. The molecule has 1 aromatic heterocycles. The monoisotopic (exact) mass is 409 g/mol. The van der Waals surface area contributed by atoms with Gasteiger partial charge in [-0.2, -0.15) is 0 Å². The molecule has 3 aromatic rings. The molecule has 156 valence electrons. The first-order valence-electron chi connectivity index (χ1n) is 10.7. The number of aromatic nitrogens is 2. The van der Waals surface area contributed by atoms with Crippen molar-refractivity contribution >= 4 is 11.0 Å². The van der Waals surface area contributed by atoms with Crippen molar-refractivity contribution < 1.29 is 13.5 Å². The average molecular weight is 409 g/mol. The zero-order valence-corrected chi connectivity index (χ0v) is 16.8. The predicted molar refractivity (Wildman–Crippen MR) is 110 cm³/mol. The maximum Gasteiger partial charge on any atom is 0.162 e. The van der Waals surface area contributed by atoms with Crippen molar-refractivity contribution in [1.29, 1.82) is 0 Å². The summed E-state index contributed by atoms with van der Waals surface area (Å²) in [5, 5.41) is 0. The smallest absolute Gasteiger partial charge is 0.162 e. The third-order valence-electron chi connectivity index (χ3n) is 7.32. The molecule has 0 radical (unpaired) electrons. The van der Waals surface area contributed by atoms with Gasteiger partial charge in [0.2, 0.25) is 0 Å². The molecule has 1 N–H and O–H groups in total. The molecule has 0 unspecified atom stereocenters. The highest BCUT2D eigenvalue weighted by Crippen LogP contribution is 2.67. The lowest BCUT2D eigenvalue weighted by molar-refractivity contribution is -0.164. The molecule has 0 spiro atoms. The minimum atomic E-state index is -0.856. The third kappa shape index (κ3) is 3.09. The van der Waals surface area contributed by atoms with Gasteiger partial charge in [-0.05, 0) is 66.8 Å². The number of hydrogen-bond donors (Lipinski definition) is 1. The van der Waals surface area contributed by atoms with E-state index in [1.54, 1.807) is 6.33 Å². The largest absolute Gasteiger partial charge is 0.493 e. The molecule has 4 fully saturated rings. The minimum absolute atomic E-state index is 0.101. The van der Waals surface area contributed by atoms with Crippen LogP contribution in [-0.4, -0.2) is 34.6 Å². The predicted octanol–water partition coefficient (Wildman–Crippen LogP) is 4.91. The molecule has 2 aliphatic heterocycles. The summed E-state index contributed by atoms with van der Waals surface area (Å²) in [5.74, 6) is -0.443. The fourth-order valence-electron chi connectivity index (χ4n) is 6.16. The van der Waals surface area contributed by atoms with Crippen LogP contribution >= 0.6 is 0 Å². The van der Waals surface area contributed by atoms with Gasteiger partial charge in [-0.1, -0.05) is 6.07 Å². The van der Waals surface area contributed by atoms with Gasteiger partial charge in [-0.3, -0.25) is 4.90 Å². The molecule has 4 aliphatic rings. The Balaban J connectivity index is 1.19. The fraction of sp³-hybridized carbons (Fsp3) is 0.458. The van der Waals surface area contributed by atoms with Gasteiger partial charge in [-0.15, -0.1) is 0 Å². The summed E-state index contributed by atoms with van der Waals surface area (Å²) in [5.41, 5.74) is 3.86. The van der Waals surface area contributed by atoms with Crippen LogP contribution in [0.15, 0.2) is 42.7 Å².